The molecule has 31 heavy (non-hydrogen) atoms. The fourth-order valence-corrected chi connectivity index (χ4v) is 6.60. The van der Waals surface area contributed by atoms with Gasteiger partial charge in [0.1, 0.15) is 0 Å². The van der Waals surface area contributed by atoms with Crippen molar-refractivity contribution in [3.63, 3.8) is 0 Å². The Morgan fingerprint density at radius 2 is 1.48 bits per heavy atom. The van der Waals surface area contributed by atoms with Gasteiger partial charge in [-0.2, -0.15) is 0 Å². The van der Waals surface area contributed by atoms with E-state index in [1.165, 1.54) is 0 Å². The molecule has 3 aliphatic carbocycles. The molecule has 4 fully saturated rings. The first-order chi connectivity index (χ1) is 14.9. The predicted molar refractivity (Wildman–Crippen MR) is 115 cm³/mol. The summed E-state index contributed by atoms with van der Waals surface area (Å²) in [5.41, 5.74) is 0.505. The van der Waals surface area contributed by atoms with E-state index in [1.807, 2.05) is 0 Å². The molecule has 0 N–H and O–H groups in total. The molecular formula is C24H26BrNO5. The number of ketones is 1. The number of halogens is 1. The molecule has 4 aliphatic rings. The maximum absolute atomic E-state index is 13.0. The summed E-state index contributed by atoms with van der Waals surface area (Å²) in [6.45, 7) is -0.268. The van der Waals surface area contributed by atoms with Crippen LogP contribution in [0.15, 0.2) is 28.7 Å². The van der Waals surface area contributed by atoms with Crippen molar-refractivity contribution in [1.29, 1.82) is 0 Å². The zero-order valence-electron chi connectivity index (χ0n) is 17.3. The topological polar surface area (TPSA) is 80.8 Å². The first-order valence-corrected chi connectivity index (χ1v) is 12.1. The van der Waals surface area contributed by atoms with Crippen LogP contribution in [0.5, 0.6) is 0 Å². The Balaban J connectivity index is 1.13. The van der Waals surface area contributed by atoms with E-state index in [0.717, 1.165) is 23.7 Å². The first kappa shape index (κ1) is 20.9. The normalized spacial score (nSPS) is 34.2. The molecule has 164 valence electrons. The third kappa shape index (κ3) is 3.65. The smallest absolute Gasteiger partial charge is 0.309 e. The highest BCUT2D eigenvalue weighted by Gasteiger charge is 2.61. The lowest BCUT2D eigenvalue weighted by atomic mass is 9.81. The second-order valence-corrected chi connectivity index (χ2v) is 10.4. The fourth-order valence-electron chi connectivity index (χ4n) is 6.34. The van der Waals surface area contributed by atoms with Crippen LogP contribution in [0.25, 0.3) is 0 Å². The minimum atomic E-state index is -0.363. The van der Waals surface area contributed by atoms with Gasteiger partial charge in [0.15, 0.2) is 12.4 Å². The number of carbonyl (C=O) groups excluding carboxylic acids is 4. The second-order valence-electron chi connectivity index (χ2n) is 9.47. The van der Waals surface area contributed by atoms with E-state index in [-0.39, 0.29) is 54.0 Å². The molecule has 0 radical (unpaired) electrons. The fraction of sp³-hybridized carbons (Fsp3) is 0.583. The number of carbonyl (C=O) groups is 4. The van der Waals surface area contributed by atoms with Crippen LogP contribution in [0.3, 0.4) is 0 Å². The van der Waals surface area contributed by atoms with Crippen LogP contribution >= 0.6 is 15.9 Å². The Bertz CT molecular complexity index is 892. The Hall–Kier alpha value is -2.02. The largest absolute Gasteiger partial charge is 0.457 e. The zero-order valence-corrected chi connectivity index (χ0v) is 18.9. The molecule has 6 nitrogen and oxygen atoms in total. The van der Waals surface area contributed by atoms with Crippen molar-refractivity contribution < 1.29 is 23.9 Å². The van der Waals surface area contributed by atoms with Gasteiger partial charge < -0.3 is 4.74 Å². The Morgan fingerprint density at radius 1 is 0.903 bits per heavy atom. The molecular weight excluding hydrogens is 462 g/mol. The third-order valence-electron chi connectivity index (χ3n) is 7.87. The molecule has 3 saturated carbocycles. The average molecular weight is 488 g/mol. The minimum absolute atomic E-state index is 0.0355. The number of nitrogens with zero attached hydrogens (tertiary/aromatic N) is 1. The minimum Gasteiger partial charge on any atom is -0.457 e. The predicted octanol–water partition coefficient (Wildman–Crippen LogP) is 3.76. The molecule has 0 spiro atoms. The van der Waals surface area contributed by atoms with E-state index in [9.17, 15) is 19.2 Å². The van der Waals surface area contributed by atoms with Gasteiger partial charge in [-0.25, -0.2) is 0 Å². The molecule has 1 aromatic carbocycles. The van der Waals surface area contributed by atoms with Gasteiger partial charge in [-0.3, -0.25) is 24.1 Å². The summed E-state index contributed by atoms with van der Waals surface area (Å²) in [6, 6.07) is 6.83. The molecule has 1 aliphatic heterocycles. The average Bonchev–Trinajstić information content (AvgIpc) is 3.46. The van der Waals surface area contributed by atoms with Crippen LogP contribution in [-0.4, -0.2) is 41.1 Å². The van der Waals surface area contributed by atoms with Crippen LogP contribution in [0, 0.1) is 29.6 Å². The number of Topliss-reactive ketones (excluding diaryl/α,β-unsaturated/α-hetero) is 1. The maximum atomic E-state index is 13.0. The van der Waals surface area contributed by atoms with Gasteiger partial charge in [0.25, 0.3) is 0 Å². The summed E-state index contributed by atoms with van der Waals surface area (Å²) in [6.07, 6.45) is 5.62. The molecule has 4 atom stereocenters. The van der Waals surface area contributed by atoms with Gasteiger partial charge in [0.2, 0.25) is 11.8 Å². The van der Waals surface area contributed by atoms with Crippen molar-refractivity contribution in [3.8, 4) is 0 Å². The lowest BCUT2D eigenvalue weighted by molar-refractivity contribution is -0.149. The van der Waals surface area contributed by atoms with E-state index in [0.29, 0.717) is 43.1 Å². The number of ether oxygens (including phenoxy) is 1. The summed E-state index contributed by atoms with van der Waals surface area (Å²) in [7, 11) is 0. The van der Waals surface area contributed by atoms with Crippen molar-refractivity contribution in [2.24, 2.45) is 29.6 Å². The van der Waals surface area contributed by atoms with Gasteiger partial charge >= 0.3 is 5.97 Å². The second kappa shape index (κ2) is 8.15. The van der Waals surface area contributed by atoms with Crippen molar-refractivity contribution in [3.05, 3.63) is 34.3 Å². The van der Waals surface area contributed by atoms with Crippen LogP contribution in [0.4, 0.5) is 0 Å². The summed E-state index contributed by atoms with van der Waals surface area (Å²) >= 11 is 3.33. The van der Waals surface area contributed by atoms with Crippen molar-refractivity contribution in [2.75, 3.05) is 6.61 Å². The number of esters is 1. The number of benzene rings is 1. The van der Waals surface area contributed by atoms with E-state index in [1.54, 1.807) is 29.2 Å². The molecule has 5 rings (SSSR count). The molecule has 0 unspecified atom stereocenters. The van der Waals surface area contributed by atoms with Gasteiger partial charge in [0, 0.05) is 16.1 Å². The lowest BCUT2D eigenvalue weighted by Gasteiger charge is -2.33. The van der Waals surface area contributed by atoms with Crippen LogP contribution in [-0.2, 0) is 19.1 Å². The molecule has 1 heterocycles. The monoisotopic (exact) mass is 487 g/mol. The summed E-state index contributed by atoms with van der Waals surface area (Å²) in [4.78, 5) is 52.3. The Morgan fingerprint density at radius 3 is 2.06 bits per heavy atom. The molecule has 2 bridgehead atoms. The van der Waals surface area contributed by atoms with E-state index in [2.05, 4.69) is 15.9 Å². The number of imide groups is 1. The highest BCUT2D eigenvalue weighted by Crippen LogP contribution is 2.56. The molecule has 2 amide bonds. The van der Waals surface area contributed by atoms with Gasteiger partial charge in [-0.05, 0) is 68.9 Å². The van der Waals surface area contributed by atoms with Crippen LogP contribution in [0.1, 0.15) is 55.3 Å². The zero-order chi connectivity index (χ0) is 21.7. The summed E-state index contributed by atoms with van der Waals surface area (Å²) < 4.78 is 6.16. The number of likely N-dealkylation sites (tertiary alicyclic amines) is 1. The van der Waals surface area contributed by atoms with E-state index < -0.39 is 0 Å². The van der Waals surface area contributed by atoms with Crippen molar-refractivity contribution in [1.82, 2.24) is 4.90 Å². The SMILES string of the molecule is O=C(COC(=O)C1CCC(N2C(=O)[C@@H]3[C@H]4CC[C@@H](C4)[C@H]3C2=O)CC1)c1ccc(Br)cc1. The molecule has 0 aromatic heterocycles. The number of fused-ring (bicyclic) bond motifs is 5. The standard InChI is InChI=1S/C24H26BrNO5/c25-17-7-3-13(4-8-17)19(27)12-31-24(30)14-5-9-18(10-6-14)26-22(28)20-15-1-2-16(11-15)21(20)23(26)29/h3-4,7-8,14-16,18,20-21H,1-2,5-6,9-12H2/t14?,15-,16-,18?,20+,21+/m0/s1. The maximum Gasteiger partial charge on any atom is 0.309 e. The molecule has 1 aromatic rings. The highest BCUT2D eigenvalue weighted by atomic mass is 79.9. The quantitative estimate of drug-likeness (QED) is 0.358. The Labute approximate surface area is 189 Å². The Kier molecular flexibility index (Phi) is 5.49. The van der Waals surface area contributed by atoms with E-state index in [4.69, 9.17) is 4.74 Å². The number of hydrogen-bond donors (Lipinski definition) is 0. The van der Waals surface area contributed by atoms with Crippen molar-refractivity contribution >= 4 is 39.5 Å². The molecule has 1 saturated heterocycles. The number of hydrogen-bond acceptors (Lipinski definition) is 5. The molecule has 7 heteroatoms. The summed E-state index contributed by atoms with van der Waals surface area (Å²) in [5, 5.41) is 0. The van der Waals surface area contributed by atoms with Crippen LogP contribution < -0.4 is 0 Å². The lowest BCUT2D eigenvalue weighted by Crippen LogP contribution is -2.44. The highest BCUT2D eigenvalue weighted by molar-refractivity contribution is 9.10. The first-order valence-electron chi connectivity index (χ1n) is 11.3. The van der Waals surface area contributed by atoms with Gasteiger partial charge in [-0.15, -0.1) is 0 Å². The van der Waals surface area contributed by atoms with Crippen LogP contribution in [0.2, 0.25) is 0 Å². The van der Waals surface area contributed by atoms with E-state index >= 15 is 0 Å². The number of amides is 2. The third-order valence-corrected chi connectivity index (χ3v) is 8.40. The number of rotatable bonds is 5. The van der Waals surface area contributed by atoms with Gasteiger partial charge in [0.05, 0.1) is 17.8 Å². The summed E-state index contributed by atoms with van der Waals surface area (Å²) in [5.74, 6) is -0.185. The van der Waals surface area contributed by atoms with Crippen molar-refractivity contribution in [2.45, 2.75) is 51.0 Å². The van der Waals surface area contributed by atoms with Gasteiger partial charge in [-0.1, -0.05) is 28.1 Å².